The van der Waals surface area contributed by atoms with Crippen LogP contribution in [0.15, 0.2) is 72.8 Å². The van der Waals surface area contributed by atoms with Gasteiger partial charge in [-0.05, 0) is 29.2 Å². The number of hydrogen-bond donors (Lipinski definition) is 1. The molecule has 154 valence electrons. The summed E-state index contributed by atoms with van der Waals surface area (Å²) in [5.74, 6) is -1.30. The molecule has 0 bridgehead atoms. The quantitative estimate of drug-likeness (QED) is 0.569. The molecule has 0 unspecified atom stereocenters. The van der Waals surface area contributed by atoms with Gasteiger partial charge in [0, 0.05) is 19.2 Å². The summed E-state index contributed by atoms with van der Waals surface area (Å²) in [4.78, 5) is 37.5. The van der Waals surface area contributed by atoms with Gasteiger partial charge in [0.15, 0.2) is 6.61 Å². The molecule has 3 rings (SSSR count). The first-order valence-electron chi connectivity index (χ1n) is 9.80. The van der Waals surface area contributed by atoms with Gasteiger partial charge in [0.25, 0.3) is 5.91 Å². The van der Waals surface area contributed by atoms with Crippen LogP contribution in [0.1, 0.15) is 17.5 Å². The Labute approximate surface area is 175 Å². The van der Waals surface area contributed by atoms with E-state index in [1.165, 1.54) is 11.6 Å². The maximum Gasteiger partial charge on any atom is 0.325 e. The predicted molar refractivity (Wildman–Crippen MR) is 115 cm³/mol. The molecule has 30 heavy (non-hydrogen) atoms. The number of hydrogen-bond acceptors (Lipinski definition) is 4. The molecular weight excluding hydrogens is 380 g/mol. The first-order valence-corrected chi connectivity index (χ1v) is 9.80. The van der Waals surface area contributed by atoms with Crippen molar-refractivity contribution in [3.63, 3.8) is 0 Å². The molecule has 0 aliphatic carbocycles. The van der Waals surface area contributed by atoms with Crippen LogP contribution in [0.2, 0.25) is 0 Å². The topological polar surface area (TPSA) is 75.7 Å². The summed E-state index contributed by atoms with van der Waals surface area (Å²) in [6.45, 7) is 0.451. The molecule has 1 heterocycles. The van der Waals surface area contributed by atoms with Gasteiger partial charge in [-0.2, -0.15) is 0 Å². The SMILES string of the molecule is O=C(/C=C/c1ccccc1)NCC(=O)OCC(=O)N1CC=C(c2ccccc2)CC1. The van der Waals surface area contributed by atoms with Gasteiger partial charge >= 0.3 is 5.97 Å². The average Bonchev–Trinajstić information content (AvgIpc) is 2.81. The lowest BCUT2D eigenvalue weighted by atomic mass is 10.00. The largest absolute Gasteiger partial charge is 0.454 e. The van der Waals surface area contributed by atoms with Crippen LogP contribution in [0.5, 0.6) is 0 Å². The van der Waals surface area contributed by atoms with E-state index in [-0.39, 0.29) is 19.1 Å². The number of nitrogens with one attached hydrogen (secondary N) is 1. The molecule has 0 radical (unpaired) electrons. The highest BCUT2D eigenvalue weighted by Crippen LogP contribution is 2.21. The molecular formula is C24H24N2O4. The van der Waals surface area contributed by atoms with Gasteiger partial charge < -0.3 is 15.0 Å². The fraction of sp³-hybridized carbons (Fsp3) is 0.208. The Bertz CT molecular complexity index is 936. The summed E-state index contributed by atoms with van der Waals surface area (Å²) in [6.07, 6.45) is 5.78. The maximum absolute atomic E-state index is 12.3. The zero-order valence-corrected chi connectivity index (χ0v) is 16.6. The van der Waals surface area contributed by atoms with E-state index in [1.807, 2.05) is 54.6 Å². The Morgan fingerprint density at radius 2 is 1.70 bits per heavy atom. The molecule has 0 saturated carbocycles. The number of benzene rings is 2. The van der Waals surface area contributed by atoms with Crippen molar-refractivity contribution in [1.82, 2.24) is 10.2 Å². The van der Waals surface area contributed by atoms with Crippen molar-refractivity contribution in [1.29, 1.82) is 0 Å². The van der Waals surface area contributed by atoms with Crippen LogP contribution in [0.3, 0.4) is 0 Å². The van der Waals surface area contributed by atoms with Crippen molar-refractivity contribution in [3.8, 4) is 0 Å². The number of rotatable bonds is 7. The van der Waals surface area contributed by atoms with Gasteiger partial charge in [-0.15, -0.1) is 0 Å². The van der Waals surface area contributed by atoms with Crippen LogP contribution in [-0.2, 0) is 19.1 Å². The number of ether oxygens (including phenoxy) is 1. The molecule has 0 fully saturated rings. The average molecular weight is 404 g/mol. The zero-order valence-electron chi connectivity index (χ0n) is 16.6. The third kappa shape index (κ3) is 6.44. The Balaban J connectivity index is 1.36. The molecule has 6 nitrogen and oxygen atoms in total. The lowest BCUT2D eigenvalue weighted by Gasteiger charge is -2.26. The smallest absolute Gasteiger partial charge is 0.325 e. The second-order valence-corrected chi connectivity index (χ2v) is 6.81. The molecule has 2 aromatic rings. The molecule has 1 N–H and O–H groups in total. The van der Waals surface area contributed by atoms with Crippen LogP contribution in [0.25, 0.3) is 11.6 Å². The minimum atomic E-state index is -0.651. The summed E-state index contributed by atoms with van der Waals surface area (Å²) in [6, 6.07) is 19.4. The number of nitrogens with zero attached hydrogens (tertiary/aromatic N) is 1. The summed E-state index contributed by atoms with van der Waals surface area (Å²) < 4.78 is 4.99. The van der Waals surface area contributed by atoms with E-state index in [4.69, 9.17) is 4.74 Å². The summed E-state index contributed by atoms with van der Waals surface area (Å²) in [5, 5.41) is 2.45. The third-order valence-electron chi connectivity index (χ3n) is 4.70. The van der Waals surface area contributed by atoms with Crippen molar-refractivity contribution < 1.29 is 19.1 Å². The number of esters is 1. The van der Waals surface area contributed by atoms with E-state index in [9.17, 15) is 14.4 Å². The maximum atomic E-state index is 12.3. The monoisotopic (exact) mass is 404 g/mol. The van der Waals surface area contributed by atoms with Crippen molar-refractivity contribution in [2.75, 3.05) is 26.2 Å². The van der Waals surface area contributed by atoms with E-state index >= 15 is 0 Å². The fourth-order valence-corrected chi connectivity index (χ4v) is 3.05. The first kappa shape index (κ1) is 21.0. The standard InChI is InChI=1S/C24H24N2O4/c27-22(12-11-19-7-3-1-4-8-19)25-17-24(29)30-18-23(28)26-15-13-21(14-16-26)20-9-5-2-6-10-20/h1-13H,14-18H2,(H,25,27)/b12-11+. The van der Waals surface area contributed by atoms with Gasteiger partial charge in [-0.3, -0.25) is 14.4 Å². The van der Waals surface area contributed by atoms with Gasteiger partial charge in [0.2, 0.25) is 5.91 Å². The fourth-order valence-electron chi connectivity index (χ4n) is 3.05. The minimum Gasteiger partial charge on any atom is -0.454 e. The van der Waals surface area contributed by atoms with E-state index in [0.717, 1.165) is 17.5 Å². The minimum absolute atomic E-state index is 0.248. The van der Waals surface area contributed by atoms with Crippen LogP contribution in [-0.4, -0.2) is 48.9 Å². The second-order valence-electron chi connectivity index (χ2n) is 6.81. The van der Waals surface area contributed by atoms with Crippen LogP contribution in [0, 0.1) is 0 Å². The lowest BCUT2D eigenvalue weighted by molar-refractivity contribution is -0.151. The second kappa shape index (κ2) is 10.8. The zero-order chi connectivity index (χ0) is 21.2. The predicted octanol–water partition coefficient (Wildman–Crippen LogP) is 2.68. The summed E-state index contributed by atoms with van der Waals surface area (Å²) in [7, 11) is 0. The van der Waals surface area contributed by atoms with Gasteiger partial charge in [-0.1, -0.05) is 66.7 Å². The van der Waals surface area contributed by atoms with Crippen molar-refractivity contribution >= 4 is 29.4 Å². The van der Waals surface area contributed by atoms with Crippen LogP contribution < -0.4 is 5.32 Å². The Kier molecular flexibility index (Phi) is 7.55. The molecule has 2 aromatic carbocycles. The molecule has 1 aliphatic heterocycles. The number of carbonyl (C=O) groups is 3. The Morgan fingerprint density at radius 3 is 2.37 bits per heavy atom. The van der Waals surface area contributed by atoms with Gasteiger partial charge in [0.1, 0.15) is 6.54 Å². The van der Waals surface area contributed by atoms with Gasteiger partial charge in [0.05, 0.1) is 0 Å². The Hall–Kier alpha value is -3.67. The highest BCUT2D eigenvalue weighted by molar-refractivity contribution is 5.93. The highest BCUT2D eigenvalue weighted by Gasteiger charge is 2.19. The highest BCUT2D eigenvalue weighted by atomic mass is 16.5. The summed E-state index contributed by atoms with van der Waals surface area (Å²) >= 11 is 0. The van der Waals surface area contributed by atoms with Gasteiger partial charge in [-0.25, -0.2) is 0 Å². The van der Waals surface area contributed by atoms with Crippen LogP contribution in [0.4, 0.5) is 0 Å². The molecule has 0 spiro atoms. The molecule has 2 amide bonds. The first-order chi connectivity index (χ1) is 14.6. The van der Waals surface area contributed by atoms with E-state index in [2.05, 4.69) is 17.4 Å². The van der Waals surface area contributed by atoms with Crippen LogP contribution >= 0.6 is 0 Å². The Morgan fingerprint density at radius 1 is 1.00 bits per heavy atom. The number of amides is 2. The van der Waals surface area contributed by atoms with E-state index in [0.29, 0.717) is 13.1 Å². The molecule has 0 atom stereocenters. The van der Waals surface area contributed by atoms with Crippen molar-refractivity contribution in [3.05, 3.63) is 83.9 Å². The molecule has 1 aliphatic rings. The molecule has 6 heteroatoms. The number of carbonyl (C=O) groups excluding carboxylic acids is 3. The van der Waals surface area contributed by atoms with Crippen molar-refractivity contribution in [2.24, 2.45) is 0 Å². The molecule has 0 aromatic heterocycles. The normalized spacial score (nSPS) is 13.6. The van der Waals surface area contributed by atoms with Crippen molar-refractivity contribution in [2.45, 2.75) is 6.42 Å². The third-order valence-corrected chi connectivity index (χ3v) is 4.70. The van der Waals surface area contributed by atoms with E-state index < -0.39 is 11.9 Å². The summed E-state index contributed by atoms with van der Waals surface area (Å²) in [5.41, 5.74) is 3.25. The molecule has 0 saturated heterocycles. The lowest BCUT2D eigenvalue weighted by Crippen LogP contribution is -2.38. The van der Waals surface area contributed by atoms with E-state index in [1.54, 1.807) is 11.0 Å².